The molecule has 0 unspecified atom stereocenters. The number of nitrogens with zero attached hydrogens (tertiary/aromatic N) is 5. The normalized spacial score (nSPS) is 25.5. The van der Waals surface area contributed by atoms with E-state index in [9.17, 15) is 14.4 Å². The van der Waals surface area contributed by atoms with Crippen molar-refractivity contribution in [2.24, 2.45) is 5.92 Å². The van der Waals surface area contributed by atoms with Crippen LogP contribution in [-0.2, 0) is 26.3 Å². The van der Waals surface area contributed by atoms with E-state index in [2.05, 4.69) is 20.4 Å². The Bertz CT molecular complexity index is 1550. The zero-order chi connectivity index (χ0) is 29.6. The Hall–Kier alpha value is -4.05. The van der Waals surface area contributed by atoms with Crippen LogP contribution in [0.3, 0.4) is 0 Å². The number of para-hydroxylation sites is 1. The second-order valence-electron chi connectivity index (χ2n) is 12.3. The van der Waals surface area contributed by atoms with Crippen molar-refractivity contribution in [2.75, 3.05) is 37.6 Å². The maximum atomic E-state index is 14.5. The molecule has 2 bridgehead atoms. The van der Waals surface area contributed by atoms with Crippen LogP contribution in [0, 0.1) is 12.8 Å². The molecule has 0 radical (unpaired) electrons. The van der Waals surface area contributed by atoms with Gasteiger partial charge in [0.15, 0.2) is 0 Å². The lowest BCUT2D eigenvalue weighted by molar-refractivity contribution is -0.139. The second kappa shape index (κ2) is 11.2. The number of aryl methyl sites for hydroxylation is 2. The maximum Gasteiger partial charge on any atom is 0.253 e. The zero-order valence-corrected chi connectivity index (χ0v) is 24.6. The number of hydrogen-bond donors (Lipinski definition) is 1. The van der Waals surface area contributed by atoms with E-state index in [0.717, 1.165) is 41.8 Å². The van der Waals surface area contributed by atoms with Gasteiger partial charge in [0.2, 0.25) is 23.5 Å². The highest BCUT2D eigenvalue weighted by atomic mass is 16.5. The Balaban J connectivity index is 1.06. The van der Waals surface area contributed by atoms with Gasteiger partial charge in [0.1, 0.15) is 5.54 Å². The molecule has 43 heavy (non-hydrogen) atoms. The van der Waals surface area contributed by atoms with Gasteiger partial charge in [0, 0.05) is 61.9 Å². The predicted octanol–water partition coefficient (Wildman–Crippen LogP) is 3.44. The summed E-state index contributed by atoms with van der Waals surface area (Å²) in [5.74, 6) is 0.596. The van der Waals surface area contributed by atoms with E-state index in [0.29, 0.717) is 70.0 Å². The standard InChI is InChI=1S/C33H38N6O4/c1-22-8-4-9-23(20-22)30-35-28(43-36-30)13-5-14-29(40)37-16-7-15-34-31(41)26-21-24-10-6-17-39(24)33(26)25-11-2-3-12-27(25)38(19-18-37)32(33)42/h2-4,8-9,11-12,20,24,26H,5-7,10,13-19,21H2,1H3,(H,34,41)/t24-,26-,33+/m0/s1. The lowest BCUT2D eigenvalue weighted by atomic mass is 9.78. The fraction of sp³-hybridized carbons (Fsp3) is 0.485. The van der Waals surface area contributed by atoms with Crippen LogP contribution in [0.25, 0.3) is 11.4 Å². The molecular weight excluding hydrogens is 544 g/mol. The summed E-state index contributed by atoms with van der Waals surface area (Å²) in [6.07, 6.45) is 4.84. The topological polar surface area (TPSA) is 112 Å². The summed E-state index contributed by atoms with van der Waals surface area (Å²) in [6.45, 7) is 4.68. The smallest absolute Gasteiger partial charge is 0.253 e. The number of carbonyl (C=O) groups is 3. The summed E-state index contributed by atoms with van der Waals surface area (Å²) >= 11 is 0. The number of amides is 3. The highest BCUT2D eigenvalue weighted by molar-refractivity contribution is 6.11. The minimum Gasteiger partial charge on any atom is -0.356 e. The first kappa shape index (κ1) is 27.8. The van der Waals surface area contributed by atoms with Gasteiger partial charge in [-0.15, -0.1) is 0 Å². The summed E-state index contributed by atoms with van der Waals surface area (Å²) in [4.78, 5) is 52.1. The van der Waals surface area contributed by atoms with Crippen LogP contribution >= 0.6 is 0 Å². The molecule has 4 aliphatic heterocycles. The van der Waals surface area contributed by atoms with Gasteiger partial charge in [-0.1, -0.05) is 47.1 Å². The van der Waals surface area contributed by atoms with Gasteiger partial charge in [0.05, 0.1) is 5.92 Å². The molecule has 5 heterocycles. The van der Waals surface area contributed by atoms with Crippen LogP contribution in [0.15, 0.2) is 53.1 Å². The highest BCUT2D eigenvalue weighted by Gasteiger charge is 2.67. The molecule has 0 saturated carbocycles. The van der Waals surface area contributed by atoms with Crippen molar-refractivity contribution in [3.8, 4) is 11.4 Å². The number of hydrogen-bond acceptors (Lipinski definition) is 7. The molecule has 0 aliphatic carbocycles. The average Bonchev–Trinajstić information content (AvgIpc) is 3.77. The van der Waals surface area contributed by atoms with Crippen LogP contribution in [0.5, 0.6) is 0 Å². The van der Waals surface area contributed by atoms with Crippen LogP contribution < -0.4 is 10.2 Å². The lowest BCUT2D eigenvalue weighted by Gasteiger charge is -2.38. The molecule has 2 aromatic carbocycles. The molecule has 3 fully saturated rings. The molecular formula is C33H38N6O4. The number of benzene rings is 2. The third kappa shape index (κ3) is 4.72. The van der Waals surface area contributed by atoms with Gasteiger partial charge < -0.3 is 19.6 Å². The van der Waals surface area contributed by atoms with E-state index in [4.69, 9.17) is 4.52 Å². The minimum absolute atomic E-state index is 0.0213. The fourth-order valence-electron chi connectivity index (χ4n) is 7.78. The Labute approximate surface area is 251 Å². The Morgan fingerprint density at radius 1 is 1.07 bits per heavy atom. The molecule has 1 spiro atoms. The molecule has 10 heteroatoms. The molecule has 7 rings (SSSR count). The van der Waals surface area contributed by atoms with Gasteiger partial charge in [-0.25, -0.2) is 0 Å². The van der Waals surface area contributed by atoms with Crippen molar-refractivity contribution in [2.45, 2.75) is 63.5 Å². The van der Waals surface area contributed by atoms with Crippen LogP contribution in [0.4, 0.5) is 5.69 Å². The second-order valence-corrected chi connectivity index (χ2v) is 12.3. The van der Waals surface area contributed by atoms with Crippen molar-refractivity contribution >= 4 is 23.4 Å². The number of rotatable bonds is 5. The maximum absolute atomic E-state index is 14.5. The predicted molar refractivity (Wildman–Crippen MR) is 160 cm³/mol. The third-order valence-electron chi connectivity index (χ3n) is 9.71. The molecule has 1 aromatic heterocycles. The Morgan fingerprint density at radius 2 is 1.95 bits per heavy atom. The van der Waals surface area contributed by atoms with Gasteiger partial charge in [-0.05, 0) is 57.7 Å². The van der Waals surface area contributed by atoms with Crippen molar-refractivity contribution < 1.29 is 18.9 Å². The van der Waals surface area contributed by atoms with Gasteiger partial charge in [-0.2, -0.15) is 4.98 Å². The summed E-state index contributed by atoms with van der Waals surface area (Å²) < 4.78 is 5.46. The molecule has 1 N–H and O–H groups in total. The van der Waals surface area contributed by atoms with Crippen LogP contribution in [0.1, 0.15) is 55.5 Å². The van der Waals surface area contributed by atoms with Crippen molar-refractivity contribution in [3.05, 3.63) is 65.5 Å². The van der Waals surface area contributed by atoms with Crippen LogP contribution in [0.2, 0.25) is 0 Å². The summed E-state index contributed by atoms with van der Waals surface area (Å²) in [5, 5.41) is 7.24. The van der Waals surface area contributed by atoms with Gasteiger partial charge in [-0.3, -0.25) is 19.3 Å². The van der Waals surface area contributed by atoms with Crippen molar-refractivity contribution in [1.29, 1.82) is 0 Å². The number of aromatic nitrogens is 2. The first-order valence-corrected chi connectivity index (χ1v) is 15.6. The van der Waals surface area contributed by atoms with E-state index < -0.39 is 11.5 Å². The Morgan fingerprint density at radius 3 is 2.84 bits per heavy atom. The van der Waals surface area contributed by atoms with Crippen molar-refractivity contribution in [3.63, 3.8) is 0 Å². The monoisotopic (exact) mass is 582 g/mol. The van der Waals surface area contributed by atoms with E-state index in [1.54, 1.807) is 0 Å². The van der Waals surface area contributed by atoms with Crippen LogP contribution in [-0.4, -0.2) is 76.4 Å². The summed E-state index contributed by atoms with van der Waals surface area (Å²) in [7, 11) is 0. The number of fused-ring (bicyclic) bond motifs is 4. The van der Waals surface area contributed by atoms with Gasteiger partial charge in [0.25, 0.3) is 5.91 Å². The molecule has 3 atom stereocenters. The van der Waals surface area contributed by atoms with Gasteiger partial charge >= 0.3 is 0 Å². The molecule has 3 amide bonds. The summed E-state index contributed by atoms with van der Waals surface area (Å²) in [5.41, 5.74) is 2.87. The van der Waals surface area contributed by atoms with Crippen molar-refractivity contribution in [1.82, 2.24) is 25.3 Å². The molecule has 3 saturated heterocycles. The largest absolute Gasteiger partial charge is 0.356 e. The first-order valence-electron chi connectivity index (χ1n) is 15.6. The van der Waals surface area contributed by atoms with E-state index in [1.165, 1.54) is 0 Å². The molecule has 3 aromatic rings. The number of anilines is 1. The number of carbonyl (C=O) groups excluding carboxylic acids is 3. The average molecular weight is 583 g/mol. The molecule has 4 aliphatic rings. The first-order chi connectivity index (χ1) is 21.0. The minimum atomic E-state index is -0.961. The molecule has 10 nitrogen and oxygen atoms in total. The van der Waals surface area contributed by atoms with E-state index >= 15 is 0 Å². The SMILES string of the molecule is Cc1cccc(-c2noc(CCCC(=O)N3CCCNC(=O)[C@@H]4C[C@@H]5CCCN5[C@@]45C(=O)N(CC3)c3ccccc35)n2)c1. The lowest BCUT2D eigenvalue weighted by Crippen LogP contribution is -2.57. The van der Waals surface area contributed by atoms with E-state index in [1.807, 2.05) is 65.3 Å². The highest BCUT2D eigenvalue weighted by Crippen LogP contribution is 2.57. The third-order valence-corrected chi connectivity index (χ3v) is 9.71. The molecule has 224 valence electrons. The van der Waals surface area contributed by atoms with E-state index in [-0.39, 0.29) is 23.8 Å². The Kier molecular flexibility index (Phi) is 7.25. The number of nitrogens with one attached hydrogen (secondary N) is 1. The summed E-state index contributed by atoms with van der Waals surface area (Å²) in [6, 6.07) is 16.1. The quantitative estimate of drug-likeness (QED) is 0.491. The fourth-order valence-corrected chi connectivity index (χ4v) is 7.78. The zero-order valence-electron chi connectivity index (χ0n) is 24.6.